The smallest absolute Gasteiger partial charge is 0.326 e. The van der Waals surface area contributed by atoms with Crippen molar-refractivity contribution in [2.75, 3.05) is 13.2 Å². The minimum atomic E-state index is -0.563. The van der Waals surface area contributed by atoms with Crippen LogP contribution in [0.15, 0.2) is 47.4 Å². The topological polar surface area (TPSA) is 63.7 Å². The van der Waals surface area contributed by atoms with Gasteiger partial charge < -0.3 is 4.74 Å². The zero-order chi connectivity index (χ0) is 18.5. The number of benzene rings is 2. The van der Waals surface area contributed by atoms with Crippen LogP contribution in [0.2, 0.25) is 0 Å². The van der Waals surface area contributed by atoms with Gasteiger partial charge in [-0.3, -0.25) is 19.3 Å². The SMILES string of the molecule is CCCCOC(=O)CN1C(=O)S/C(=C/c2cccc3ccccc23)C1=O. The van der Waals surface area contributed by atoms with E-state index in [1.54, 1.807) is 6.08 Å². The zero-order valence-corrected chi connectivity index (χ0v) is 15.3. The number of amides is 2. The number of thioether (sulfide) groups is 1. The van der Waals surface area contributed by atoms with Crippen molar-refractivity contribution in [3.05, 3.63) is 52.9 Å². The third-order valence-corrected chi connectivity index (χ3v) is 4.94. The number of rotatable bonds is 6. The molecule has 0 unspecified atom stereocenters. The van der Waals surface area contributed by atoms with Gasteiger partial charge in [0.25, 0.3) is 11.1 Å². The molecule has 2 amide bonds. The van der Waals surface area contributed by atoms with Gasteiger partial charge in [-0.1, -0.05) is 55.8 Å². The van der Waals surface area contributed by atoms with Gasteiger partial charge >= 0.3 is 5.97 Å². The number of nitrogens with zero attached hydrogens (tertiary/aromatic N) is 1. The van der Waals surface area contributed by atoms with Crippen LogP contribution in [0.3, 0.4) is 0 Å². The van der Waals surface area contributed by atoms with Gasteiger partial charge in [0.05, 0.1) is 11.5 Å². The first-order valence-corrected chi connectivity index (χ1v) is 9.30. The quantitative estimate of drug-likeness (QED) is 0.433. The number of unbranched alkanes of at least 4 members (excludes halogenated alkanes) is 1. The van der Waals surface area contributed by atoms with Crippen molar-refractivity contribution in [2.45, 2.75) is 19.8 Å². The largest absolute Gasteiger partial charge is 0.464 e. The fourth-order valence-corrected chi connectivity index (χ4v) is 3.49. The number of hydrogen-bond donors (Lipinski definition) is 0. The van der Waals surface area contributed by atoms with Crippen molar-refractivity contribution in [2.24, 2.45) is 0 Å². The van der Waals surface area contributed by atoms with E-state index in [9.17, 15) is 14.4 Å². The number of hydrogen-bond acceptors (Lipinski definition) is 5. The third kappa shape index (κ3) is 3.96. The normalized spacial score (nSPS) is 15.9. The molecule has 3 rings (SSSR count). The summed E-state index contributed by atoms with van der Waals surface area (Å²) in [5.74, 6) is -1.02. The molecule has 0 bridgehead atoms. The Balaban J connectivity index is 1.78. The molecule has 2 aromatic rings. The molecule has 1 fully saturated rings. The maximum Gasteiger partial charge on any atom is 0.326 e. The van der Waals surface area contributed by atoms with Gasteiger partial charge in [-0.25, -0.2) is 0 Å². The monoisotopic (exact) mass is 369 g/mol. The Kier molecular flexibility index (Phi) is 5.73. The molecule has 1 heterocycles. The van der Waals surface area contributed by atoms with Crippen molar-refractivity contribution in [1.82, 2.24) is 4.90 Å². The summed E-state index contributed by atoms with van der Waals surface area (Å²) in [6.45, 7) is 1.95. The molecule has 0 atom stereocenters. The first-order chi connectivity index (χ1) is 12.6. The second kappa shape index (κ2) is 8.19. The maximum absolute atomic E-state index is 12.5. The van der Waals surface area contributed by atoms with Gasteiger partial charge in [-0.05, 0) is 40.6 Å². The second-order valence-electron chi connectivity index (χ2n) is 5.91. The van der Waals surface area contributed by atoms with Crippen LogP contribution in [0, 0.1) is 0 Å². The highest BCUT2D eigenvalue weighted by atomic mass is 32.2. The van der Waals surface area contributed by atoms with E-state index in [1.165, 1.54) is 0 Å². The highest BCUT2D eigenvalue weighted by Gasteiger charge is 2.36. The molecule has 0 spiro atoms. The standard InChI is InChI=1S/C20H19NO4S/c1-2-3-11-25-18(22)13-21-19(23)17(26-20(21)24)12-15-9-6-8-14-7-4-5-10-16(14)15/h4-10,12H,2-3,11,13H2,1H3/b17-12+. The Morgan fingerprint density at radius 2 is 1.92 bits per heavy atom. The van der Waals surface area contributed by atoms with Crippen LogP contribution < -0.4 is 0 Å². The van der Waals surface area contributed by atoms with Crippen molar-refractivity contribution in [1.29, 1.82) is 0 Å². The van der Waals surface area contributed by atoms with E-state index in [1.807, 2.05) is 49.4 Å². The van der Waals surface area contributed by atoms with Crippen molar-refractivity contribution >= 4 is 45.7 Å². The molecule has 2 aromatic carbocycles. The minimum Gasteiger partial charge on any atom is -0.464 e. The molecule has 0 N–H and O–H groups in total. The summed E-state index contributed by atoms with van der Waals surface area (Å²) in [6.07, 6.45) is 3.37. The van der Waals surface area contributed by atoms with Crippen molar-refractivity contribution in [3.8, 4) is 0 Å². The average molecular weight is 369 g/mol. The van der Waals surface area contributed by atoms with Gasteiger partial charge in [-0.2, -0.15) is 0 Å². The summed E-state index contributed by atoms with van der Waals surface area (Å²) in [5.41, 5.74) is 0.860. The summed E-state index contributed by atoms with van der Waals surface area (Å²) >= 11 is 0.846. The minimum absolute atomic E-state index is 0.303. The van der Waals surface area contributed by atoms with Gasteiger partial charge in [0.2, 0.25) is 0 Å². The summed E-state index contributed by atoms with van der Waals surface area (Å²) in [5, 5.41) is 1.61. The number of ether oxygens (including phenoxy) is 1. The molecule has 1 saturated heterocycles. The molecule has 0 radical (unpaired) electrons. The molecule has 5 nitrogen and oxygen atoms in total. The lowest BCUT2D eigenvalue weighted by atomic mass is 10.0. The van der Waals surface area contributed by atoms with Gasteiger partial charge in [-0.15, -0.1) is 0 Å². The van der Waals surface area contributed by atoms with Crippen LogP contribution in [0.4, 0.5) is 4.79 Å². The summed E-state index contributed by atoms with van der Waals surface area (Å²) < 4.78 is 5.04. The summed E-state index contributed by atoms with van der Waals surface area (Å²) in [4.78, 5) is 37.7. The average Bonchev–Trinajstić information content (AvgIpc) is 2.90. The molecule has 1 aliphatic rings. The molecule has 1 aliphatic heterocycles. The Morgan fingerprint density at radius 3 is 2.73 bits per heavy atom. The molecule has 0 aromatic heterocycles. The lowest BCUT2D eigenvalue weighted by Gasteiger charge is -2.11. The van der Waals surface area contributed by atoms with Crippen LogP contribution in [0.5, 0.6) is 0 Å². The molecular weight excluding hydrogens is 350 g/mol. The molecule has 134 valence electrons. The molecule has 6 heteroatoms. The predicted molar refractivity (Wildman–Crippen MR) is 102 cm³/mol. The number of carbonyl (C=O) groups is 3. The molecule has 0 aliphatic carbocycles. The van der Waals surface area contributed by atoms with E-state index >= 15 is 0 Å². The maximum atomic E-state index is 12.5. The van der Waals surface area contributed by atoms with E-state index in [4.69, 9.17) is 4.74 Å². The van der Waals surface area contributed by atoms with Crippen LogP contribution in [0.1, 0.15) is 25.3 Å². The Labute approximate surface area is 156 Å². The first-order valence-electron chi connectivity index (χ1n) is 8.49. The number of fused-ring (bicyclic) bond motifs is 1. The van der Waals surface area contributed by atoms with E-state index in [2.05, 4.69) is 0 Å². The number of carbonyl (C=O) groups excluding carboxylic acids is 3. The lowest BCUT2D eigenvalue weighted by molar-refractivity contribution is -0.146. The number of esters is 1. The second-order valence-corrected chi connectivity index (χ2v) is 6.90. The molecule has 26 heavy (non-hydrogen) atoms. The predicted octanol–water partition coefficient (Wildman–Crippen LogP) is 4.22. The van der Waals surface area contributed by atoms with E-state index in [0.717, 1.165) is 45.8 Å². The van der Waals surface area contributed by atoms with E-state index in [-0.39, 0.29) is 6.54 Å². The Morgan fingerprint density at radius 1 is 1.15 bits per heavy atom. The van der Waals surface area contributed by atoms with Crippen LogP contribution in [-0.4, -0.2) is 35.2 Å². The van der Waals surface area contributed by atoms with Crippen molar-refractivity contribution in [3.63, 3.8) is 0 Å². The van der Waals surface area contributed by atoms with E-state index in [0.29, 0.717) is 11.5 Å². The van der Waals surface area contributed by atoms with Crippen LogP contribution in [-0.2, 0) is 14.3 Å². The van der Waals surface area contributed by atoms with Crippen LogP contribution in [0.25, 0.3) is 16.8 Å². The van der Waals surface area contributed by atoms with Gasteiger partial charge in [0, 0.05) is 0 Å². The third-order valence-electron chi connectivity index (χ3n) is 4.03. The Bertz CT molecular complexity index is 885. The first kappa shape index (κ1) is 18.2. The fraction of sp³-hybridized carbons (Fsp3) is 0.250. The molecule has 0 saturated carbocycles. The summed E-state index contributed by atoms with van der Waals surface area (Å²) in [7, 11) is 0. The Hall–Kier alpha value is -2.60. The number of imide groups is 1. The fourth-order valence-electron chi connectivity index (χ4n) is 2.66. The molecular formula is C20H19NO4S. The highest BCUT2D eigenvalue weighted by molar-refractivity contribution is 8.18. The van der Waals surface area contributed by atoms with E-state index < -0.39 is 17.1 Å². The lowest BCUT2D eigenvalue weighted by Crippen LogP contribution is -2.34. The van der Waals surface area contributed by atoms with Gasteiger partial charge in [0.1, 0.15) is 6.54 Å². The highest BCUT2D eigenvalue weighted by Crippen LogP contribution is 2.33. The van der Waals surface area contributed by atoms with Crippen molar-refractivity contribution < 1.29 is 19.1 Å². The van der Waals surface area contributed by atoms with Gasteiger partial charge in [0.15, 0.2) is 0 Å². The summed E-state index contributed by atoms with van der Waals surface area (Å²) in [6, 6.07) is 13.6. The van der Waals surface area contributed by atoms with Crippen LogP contribution >= 0.6 is 11.8 Å². The zero-order valence-electron chi connectivity index (χ0n) is 14.4.